The van der Waals surface area contributed by atoms with Crippen LogP contribution in [0.1, 0.15) is 6.92 Å². The molecule has 0 bridgehead atoms. The van der Waals surface area contributed by atoms with Crippen LogP contribution in [0, 0.1) is 10.1 Å². The minimum Gasteiger partial charge on any atom is -0.480 e. The lowest BCUT2D eigenvalue weighted by molar-refractivity contribution is -0.386. The molecule has 1 atom stereocenters. The van der Waals surface area contributed by atoms with Gasteiger partial charge in [0.05, 0.1) is 4.92 Å². The highest BCUT2D eigenvalue weighted by Gasteiger charge is 2.26. The Morgan fingerprint density at radius 3 is 2.70 bits per heavy atom. The van der Waals surface area contributed by atoms with Crippen molar-refractivity contribution in [1.82, 2.24) is 0 Å². The topological polar surface area (TPSA) is 123 Å². The van der Waals surface area contributed by atoms with Crippen LogP contribution in [-0.4, -0.2) is 22.0 Å². The van der Waals surface area contributed by atoms with Crippen LogP contribution in [0.3, 0.4) is 0 Å². The van der Waals surface area contributed by atoms with E-state index in [0.29, 0.717) is 0 Å². The number of hydrogen-bond donors (Lipinski definition) is 2. The van der Waals surface area contributed by atoms with Crippen LogP contribution in [0.5, 0.6) is 0 Å². The van der Waals surface area contributed by atoms with E-state index in [0.717, 1.165) is 0 Å². The van der Waals surface area contributed by atoms with Gasteiger partial charge in [0.25, 0.3) is 0 Å². The lowest BCUT2D eigenvalue weighted by Gasteiger charge is -2.12. The molecule has 2 rings (SSSR count). The van der Waals surface area contributed by atoms with Crippen molar-refractivity contribution in [2.24, 2.45) is 0 Å². The highest BCUT2D eigenvalue weighted by Crippen LogP contribution is 2.30. The molecule has 0 spiro atoms. The molecule has 1 unspecified atom stereocenters. The van der Waals surface area contributed by atoms with E-state index in [2.05, 4.69) is 5.32 Å². The summed E-state index contributed by atoms with van der Waals surface area (Å²) >= 11 is 0. The standard InChI is InChI=1S/C12H10N2O6/c1-6(11(15)16)13-9-7-4-2-3-5-8(7)20-12(17)10(9)14(18)19/h2-6,13H,1H3,(H,15,16). The number of rotatable bonds is 4. The molecule has 0 saturated carbocycles. The molecular formula is C12H10N2O6. The summed E-state index contributed by atoms with van der Waals surface area (Å²) in [5, 5.41) is 22.6. The van der Waals surface area contributed by atoms with Crippen LogP contribution in [0.25, 0.3) is 11.0 Å². The molecule has 0 amide bonds. The van der Waals surface area contributed by atoms with E-state index in [9.17, 15) is 19.7 Å². The quantitative estimate of drug-likeness (QED) is 0.494. The number of nitrogens with zero attached hydrogens (tertiary/aromatic N) is 1. The largest absolute Gasteiger partial charge is 0.480 e. The maximum atomic E-state index is 11.7. The normalized spacial score (nSPS) is 12.1. The fourth-order valence-corrected chi connectivity index (χ4v) is 1.73. The van der Waals surface area contributed by atoms with Crippen LogP contribution in [0.4, 0.5) is 11.4 Å². The van der Waals surface area contributed by atoms with Crippen molar-refractivity contribution in [3.05, 3.63) is 44.8 Å². The lowest BCUT2D eigenvalue weighted by Crippen LogP contribution is -2.27. The molecule has 0 radical (unpaired) electrons. The van der Waals surface area contributed by atoms with Crippen LogP contribution in [-0.2, 0) is 4.79 Å². The van der Waals surface area contributed by atoms with Crippen LogP contribution < -0.4 is 10.9 Å². The number of aliphatic carboxylic acids is 1. The predicted octanol–water partition coefficient (Wildman–Crippen LogP) is 1.59. The molecule has 0 aliphatic rings. The Morgan fingerprint density at radius 1 is 1.45 bits per heavy atom. The molecule has 0 saturated heterocycles. The van der Waals surface area contributed by atoms with Gasteiger partial charge in [0.1, 0.15) is 17.3 Å². The van der Waals surface area contributed by atoms with Crippen molar-refractivity contribution >= 4 is 28.3 Å². The highest BCUT2D eigenvalue weighted by atomic mass is 16.6. The number of anilines is 1. The molecule has 1 aromatic carbocycles. The molecule has 2 aromatic rings. The second-order valence-electron chi connectivity index (χ2n) is 4.07. The Hall–Kier alpha value is -2.90. The highest BCUT2D eigenvalue weighted by molar-refractivity contribution is 5.95. The minimum absolute atomic E-state index is 0.142. The first-order valence-corrected chi connectivity index (χ1v) is 5.61. The summed E-state index contributed by atoms with van der Waals surface area (Å²) in [6, 6.07) is 5.07. The smallest absolute Gasteiger partial charge is 0.417 e. The molecule has 1 aromatic heterocycles. The van der Waals surface area contributed by atoms with Crippen molar-refractivity contribution in [2.45, 2.75) is 13.0 Å². The Bertz CT molecular complexity index is 751. The van der Waals surface area contributed by atoms with Crippen LogP contribution in [0.2, 0.25) is 0 Å². The summed E-state index contributed by atoms with van der Waals surface area (Å²) in [5.41, 5.74) is -1.95. The van der Waals surface area contributed by atoms with E-state index < -0.39 is 28.2 Å². The molecule has 0 fully saturated rings. The number of benzene rings is 1. The fraction of sp³-hybridized carbons (Fsp3) is 0.167. The third-order valence-electron chi connectivity index (χ3n) is 2.70. The zero-order valence-corrected chi connectivity index (χ0v) is 10.3. The number of para-hydroxylation sites is 1. The summed E-state index contributed by atoms with van der Waals surface area (Å²) in [6.45, 7) is 1.31. The Kier molecular flexibility index (Phi) is 3.38. The number of nitro groups is 1. The SMILES string of the molecule is CC(Nc1c([N+](=O)[O-])c(=O)oc2ccccc12)C(=O)O. The lowest BCUT2D eigenvalue weighted by atomic mass is 10.1. The van der Waals surface area contributed by atoms with Crippen molar-refractivity contribution in [3.63, 3.8) is 0 Å². The number of carbonyl (C=O) groups is 1. The van der Waals surface area contributed by atoms with Gasteiger partial charge in [0.2, 0.25) is 0 Å². The molecule has 0 aliphatic heterocycles. The monoisotopic (exact) mass is 278 g/mol. The number of carboxylic acid groups (broad SMARTS) is 1. The molecule has 8 nitrogen and oxygen atoms in total. The van der Waals surface area contributed by atoms with Gasteiger partial charge in [-0.3, -0.25) is 14.9 Å². The molecule has 8 heteroatoms. The minimum atomic E-state index is -1.20. The van der Waals surface area contributed by atoms with Crippen LogP contribution >= 0.6 is 0 Å². The first kappa shape index (κ1) is 13.5. The average molecular weight is 278 g/mol. The van der Waals surface area contributed by atoms with E-state index in [1.165, 1.54) is 19.1 Å². The molecule has 0 aliphatic carbocycles. The number of nitrogens with one attached hydrogen (secondary N) is 1. The van der Waals surface area contributed by atoms with E-state index in [4.69, 9.17) is 9.52 Å². The molecule has 1 heterocycles. The van der Waals surface area contributed by atoms with Gasteiger partial charge in [-0.2, -0.15) is 0 Å². The average Bonchev–Trinajstić information content (AvgIpc) is 2.37. The van der Waals surface area contributed by atoms with Gasteiger partial charge in [0.15, 0.2) is 0 Å². The van der Waals surface area contributed by atoms with Gasteiger partial charge in [-0.15, -0.1) is 0 Å². The second kappa shape index (κ2) is 5.00. The van der Waals surface area contributed by atoms with Crippen molar-refractivity contribution in [1.29, 1.82) is 0 Å². The van der Waals surface area contributed by atoms with E-state index in [1.54, 1.807) is 12.1 Å². The zero-order chi connectivity index (χ0) is 14.9. The first-order chi connectivity index (χ1) is 9.41. The maximum absolute atomic E-state index is 11.7. The summed E-state index contributed by atoms with van der Waals surface area (Å²) in [5.74, 6) is -1.20. The van der Waals surface area contributed by atoms with E-state index in [1.807, 2.05) is 0 Å². The van der Waals surface area contributed by atoms with E-state index in [-0.39, 0.29) is 16.7 Å². The van der Waals surface area contributed by atoms with Gasteiger partial charge in [0, 0.05) is 5.39 Å². The van der Waals surface area contributed by atoms with Crippen molar-refractivity contribution < 1.29 is 19.2 Å². The van der Waals surface area contributed by atoms with Gasteiger partial charge in [-0.05, 0) is 19.1 Å². The Balaban J connectivity index is 2.75. The first-order valence-electron chi connectivity index (χ1n) is 5.61. The molecule has 2 N–H and O–H groups in total. The summed E-state index contributed by atoms with van der Waals surface area (Å²) < 4.78 is 4.85. The zero-order valence-electron chi connectivity index (χ0n) is 10.3. The van der Waals surface area contributed by atoms with Gasteiger partial charge in [-0.25, -0.2) is 4.79 Å². The predicted molar refractivity (Wildman–Crippen MR) is 69.9 cm³/mol. The maximum Gasteiger partial charge on any atom is 0.417 e. The third kappa shape index (κ3) is 2.30. The van der Waals surface area contributed by atoms with Crippen molar-refractivity contribution in [2.75, 3.05) is 5.32 Å². The van der Waals surface area contributed by atoms with Crippen molar-refractivity contribution in [3.8, 4) is 0 Å². The molecule has 20 heavy (non-hydrogen) atoms. The molecule has 104 valence electrons. The number of carboxylic acids is 1. The second-order valence-corrected chi connectivity index (χ2v) is 4.07. The summed E-state index contributed by atoms with van der Waals surface area (Å²) in [4.78, 5) is 32.6. The Labute approximate surface area is 111 Å². The third-order valence-corrected chi connectivity index (χ3v) is 2.70. The number of fused-ring (bicyclic) bond motifs is 1. The van der Waals surface area contributed by atoms with Gasteiger partial charge >= 0.3 is 17.3 Å². The van der Waals surface area contributed by atoms with Crippen LogP contribution in [0.15, 0.2) is 33.5 Å². The van der Waals surface area contributed by atoms with Gasteiger partial charge < -0.3 is 14.8 Å². The number of hydrogen-bond acceptors (Lipinski definition) is 6. The van der Waals surface area contributed by atoms with E-state index >= 15 is 0 Å². The summed E-state index contributed by atoms with van der Waals surface area (Å²) in [7, 11) is 0. The van der Waals surface area contributed by atoms with Gasteiger partial charge in [-0.1, -0.05) is 12.1 Å². The Morgan fingerprint density at radius 2 is 2.10 bits per heavy atom. The fourth-order valence-electron chi connectivity index (χ4n) is 1.73. The molecular weight excluding hydrogens is 268 g/mol. The summed E-state index contributed by atoms with van der Waals surface area (Å²) in [6.07, 6.45) is 0.